The Morgan fingerprint density at radius 1 is 1.32 bits per heavy atom. The van der Waals surface area contributed by atoms with Crippen LogP contribution < -0.4 is 4.74 Å². The lowest BCUT2D eigenvalue weighted by Crippen LogP contribution is -2.23. The van der Waals surface area contributed by atoms with Crippen LogP contribution in [0.2, 0.25) is 0 Å². The molecule has 1 aromatic heterocycles. The zero-order valence-corrected chi connectivity index (χ0v) is 12.6. The van der Waals surface area contributed by atoms with Gasteiger partial charge in [0.15, 0.2) is 0 Å². The van der Waals surface area contributed by atoms with Crippen molar-refractivity contribution in [3.63, 3.8) is 0 Å². The Labute approximate surface area is 129 Å². The molecular weight excluding hydrogens is 316 g/mol. The summed E-state index contributed by atoms with van der Waals surface area (Å²) < 4.78 is 33.8. The number of amides is 1. The van der Waals surface area contributed by atoms with Crippen LogP contribution in [0.4, 0.5) is 8.78 Å². The second-order valence-corrected chi connectivity index (χ2v) is 5.28. The SMILES string of the molecule is CN(C)C(=O)CSc1nnc(-c2ccc(OC(F)F)cc2)o1. The van der Waals surface area contributed by atoms with Gasteiger partial charge >= 0.3 is 6.61 Å². The highest BCUT2D eigenvalue weighted by molar-refractivity contribution is 7.99. The van der Waals surface area contributed by atoms with Gasteiger partial charge in [-0.25, -0.2) is 0 Å². The maximum atomic E-state index is 12.1. The number of aromatic nitrogens is 2. The van der Waals surface area contributed by atoms with Crippen LogP contribution in [-0.4, -0.2) is 47.5 Å². The minimum Gasteiger partial charge on any atom is -0.435 e. The van der Waals surface area contributed by atoms with E-state index in [4.69, 9.17) is 4.42 Å². The molecule has 0 N–H and O–H groups in total. The number of nitrogens with zero attached hydrogens (tertiary/aromatic N) is 3. The van der Waals surface area contributed by atoms with E-state index in [9.17, 15) is 13.6 Å². The normalized spacial score (nSPS) is 10.8. The fourth-order valence-electron chi connectivity index (χ4n) is 1.42. The van der Waals surface area contributed by atoms with Gasteiger partial charge in [0.05, 0.1) is 5.75 Å². The molecule has 0 radical (unpaired) electrons. The molecule has 0 aliphatic rings. The lowest BCUT2D eigenvalue weighted by atomic mass is 10.2. The number of thioether (sulfide) groups is 1. The molecule has 0 spiro atoms. The van der Waals surface area contributed by atoms with Crippen LogP contribution in [0, 0.1) is 0 Å². The molecule has 0 atom stereocenters. The van der Waals surface area contributed by atoms with Gasteiger partial charge in [-0.3, -0.25) is 4.79 Å². The van der Waals surface area contributed by atoms with Crippen molar-refractivity contribution in [3.8, 4) is 17.2 Å². The van der Waals surface area contributed by atoms with E-state index in [0.29, 0.717) is 5.56 Å². The van der Waals surface area contributed by atoms with Crippen LogP contribution >= 0.6 is 11.8 Å². The molecule has 0 saturated heterocycles. The minimum atomic E-state index is -2.87. The van der Waals surface area contributed by atoms with E-state index in [2.05, 4.69) is 14.9 Å². The van der Waals surface area contributed by atoms with Crippen molar-refractivity contribution >= 4 is 17.7 Å². The number of alkyl halides is 2. The van der Waals surface area contributed by atoms with Crippen molar-refractivity contribution in [1.29, 1.82) is 0 Å². The fraction of sp³-hybridized carbons (Fsp3) is 0.308. The number of hydrogen-bond donors (Lipinski definition) is 0. The largest absolute Gasteiger partial charge is 0.435 e. The predicted octanol–water partition coefficient (Wildman–Crippen LogP) is 2.52. The standard InChI is InChI=1S/C13H13F2N3O3S/c1-18(2)10(19)7-22-13-17-16-11(21-13)8-3-5-9(6-4-8)20-12(14)15/h3-6,12H,7H2,1-2H3. The van der Waals surface area contributed by atoms with Gasteiger partial charge in [-0.2, -0.15) is 8.78 Å². The van der Waals surface area contributed by atoms with Crippen LogP contribution in [0.15, 0.2) is 33.9 Å². The Morgan fingerprint density at radius 2 is 2.00 bits per heavy atom. The number of hydrogen-bond acceptors (Lipinski definition) is 6. The molecule has 22 heavy (non-hydrogen) atoms. The number of ether oxygens (including phenoxy) is 1. The van der Waals surface area contributed by atoms with Crippen LogP contribution in [0.3, 0.4) is 0 Å². The summed E-state index contributed by atoms with van der Waals surface area (Å²) in [6, 6.07) is 5.83. The summed E-state index contributed by atoms with van der Waals surface area (Å²) in [7, 11) is 3.32. The summed E-state index contributed by atoms with van der Waals surface area (Å²) in [6.45, 7) is -2.87. The Morgan fingerprint density at radius 3 is 2.59 bits per heavy atom. The highest BCUT2D eigenvalue weighted by Crippen LogP contribution is 2.25. The molecule has 1 heterocycles. The predicted molar refractivity (Wildman–Crippen MR) is 75.8 cm³/mol. The topological polar surface area (TPSA) is 68.5 Å². The van der Waals surface area contributed by atoms with E-state index in [1.807, 2.05) is 0 Å². The fourth-order valence-corrected chi connectivity index (χ4v) is 2.16. The lowest BCUT2D eigenvalue weighted by Gasteiger charge is -2.07. The molecule has 0 bridgehead atoms. The summed E-state index contributed by atoms with van der Waals surface area (Å²) in [6.07, 6.45) is 0. The molecule has 6 nitrogen and oxygen atoms in total. The molecule has 0 unspecified atom stereocenters. The average Bonchev–Trinajstić information content (AvgIpc) is 2.93. The third kappa shape index (κ3) is 4.42. The Balaban J connectivity index is 2.00. The monoisotopic (exact) mass is 329 g/mol. The van der Waals surface area contributed by atoms with Crippen molar-refractivity contribution in [2.45, 2.75) is 11.8 Å². The number of rotatable bonds is 6. The first-order valence-electron chi connectivity index (χ1n) is 6.17. The summed E-state index contributed by atoms with van der Waals surface area (Å²) >= 11 is 1.13. The molecule has 2 rings (SSSR count). The van der Waals surface area contributed by atoms with E-state index in [0.717, 1.165) is 11.8 Å². The van der Waals surface area contributed by atoms with Gasteiger partial charge in [0, 0.05) is 19.7 Å². The van der Waals surface area contributed by atoms with E-state index in [1.165, 1.54) is 29.2 Å². The highest BCUT2D eigenvalue weighted by atomic mass is 32.2. The van der Waals surface area contributed by atoms with Gasteiger partial charge in [0.25, 0.3) is 5.22 Å². The minimum absolute atomic E-state index is 0.0458. The third-order valence-electron chi connectivity index (χ3n) is 2.55. The molecular formula is C13H13F2N3O3S. The van der Waals surface area contributed by atoms with Crippen molar-refractivity contribution < 1.29 is 22.7 Å². The average molecular weight is 329 g/mol. The number of halogens is 2. The van der Waals surface area contributed by atoms with Gasteiger partial charge in [-0.05, 0) is 24.3 Å². The second kappa shape index (κ2) is 7.21. The van der Waals surface area contributed by atoms with Gasteiger partial charge in [-0.15, -0.1) is 10.2 Å². The molecule has 2 aromatic rings. The van der Waals surface area contributed by atoms with Crippen molar-refractivity contribution in [2.75, 3.05) is 19.8 Å². The Kier molecular flexibility index (Phi) is 5.31. The molecule has 1 aromatic carbocycles. The summed E-state index contributed by atoms with van der Waals surface area (Å²) in [5.41, 5.74) is 0.569. The van der Waals surface area contributed by atoms with Crippen LogP contribution in [0.5, 0.6) is 5.75 Å². The van der Waals surface area contributed by atoms with E-state index in [1.54, 1.807) is 14.1 Å². The molecule has 9 heteroatoms. The molecule has 0 saturated carbocycles. The van der Waals surface area contributed by atoms with Crippen molar-refractivity contribution in [2.24, 2.45) is 0 Å². The van der Waals surface area contributed by atoms with E-state index >= 15 is 0 Å². The molecule has 0 fully saturated rings. The number of carbonyl (C=O) groups excluding carboxylic acids is 1. The van der Waals surface area contributed by atoms with E-state index in [-0.39, 0.29) is 28.5 Å². The molecule has 1 amide bonds. The third-order valence-corrected chi connectivity index (χ3v) is 3.35. The van der Waals surface area contributed by atoms with Gasteiger partial charge in [0.2, 0.25) is 11.8 Å². The zero-order chi connectivity index (χ0) is 16.1. The molecule has 0 aliphatic heterocycles. The van der Waals surface area contributed by atoms with Crippen molar-refractivity contribution in [3.05, 3.63) is 24.3 Å². The first kappa shape index (κ1) is 16.2. The quantitative estimate of drug-likeness (QED) is 0.759. The van der Waals surface area contributed by atoms with Crippen LogP contribution in [0.25, 0.3) is 11.5 Å². The first-order chi connectivity index (χ1) is 10.5. The second-order valence-electron chi connectivity index (χ2n) is 4.35. The van der Waals surface area contributed by atoms with Crippen LogP contribution in [0.1, 0.15) is 0 Å². The molecule has 0 aliphatic carbocycles. The Hall–Kier alpha value is -2.16. The maximum Gasteiger partial charge on any atom is 0.387 e. The van der Waals surface area contributed by atoms with Crippen molar-refractivity contribution in [1.82, 2.24) is 15.1 Å². The zero-order valence-electron chi connectivity index (χ0n) is 11.8. The summed E-state index contributed by atoms with van der Waals surface area (Å²) in [5, 5.41) is 7.93. The van der Waals surface area contributed by atoms with Gasteiger partial charge in [-0.1, -0.05) is 11.8 Å². The smallest absolute Gasteiger partial charge is 0.387 e. The molecule has 118 valence electrons. The van der Waals surface area contributed by atoms with E-state index < -0.39 is 6.61 Å². The number of benzene rings is 1. The van der Waals surface area contributed by atoms with Gasteiger partial charge < -0.3 is 14.1 Å². The summed E-state index contributed by atoms with van der Waals surface area (Å²) in [5.74, 6) is 0.404. The Bertz CT molecular complexity index is 632. The highest BCUT2D eigenvalue weighted by Gasteiger charge is 2.12. The summed E-state index contributed by atoms with van der Waals surface area (Å²) in [4.78, 5) is 12.9. The maximum absolute atomic E-state index is 12.1. The number of carbonyl (C=O) groups is 1. The lowest BCUT2D eigenvalue weighted by molar-refractivity contribution is -0.125. The van der Waals surface area contributed by atoms with Gasteiger partial charge in [0.1, 0.15) is 5.75 Å². The van der Waals surface area contributed by atoms with Crippen LogP contribution in [-0.2, 0) is 4.79 Å². The first-order valence-corrected chi connectivity index (χ1v) is 7.16.